The maximum absolute atomic E-state index is 12.6. The third-order valence-electron chi connectivity index (χ3n) is 5.02. The Kier molecular flexibility index (Phi) is 7.33. The van der Waals surface area contributed by atoms with Crippen LogP contribution in [-0.4, -0.2) is 46.4 Å². The Bertz CT molecular complexity index is 1400. The van der Waals surface area contributed by atoms with Gasteiger partial charge in [-0.2, -0.15) is 4.98 Å². The van der Waals surface area contributed by atoms with Gasteiger partial charge in [-0.05, 0) is 43.2 Å². The number of aromatic nitrogens is 2. The number of halogens is 1. The highest BCUT2D eigenvalue weighted by molar-refractivity contribution is 7.89. The monoisotopic (exact) mass is 522 g/mol. The van der Waals surface area contributed by atoms with Crippen LogP contribution in [0.4, 0.5) is 17.5 Å². The van der Waals surface area contributed by atoms with Crippen LogP contribution < -0.4 is 20.1 Å². The number of sulfonamides is 2. The lowest BCUT2D eigenvalue weighted by Crippen LogP contribution is -2.27. The van der Waals surface area contributed by atoms with E-state index in [1.807, 2.05) is 0 Å². The lowest BCUT2D eigenvalue weighted by Gasteiger charge is -2.13. The van der Waals surface area contributed by atoms with Crippen LogP contribution in [0, 0.1) is 0 Å². The fourth-order valence-corrected chi connectivity index (χ4v) is 5.99. The summed E-state index contributed by atoms with van der Waals surface area (Å²) in [4.78, 5) is 8.98. The van der Waals surface area contributed by atoms with E-state index in [2.05, 4.69) is 30.0 Å². The van der Waals surface area contributed by atoms with Crippen molar-refractivity contribution in [3.63, 3.8) is 0 Å². The number of hydrogen-bond donors (Lipinski definition) is 4. The Morgan fingerprint density at radius 2 is 1.91 bits per heavy atom. The van der Waals surface area contributed by atoms with E-state index in [0.717, 1.165) is 0 Å². The highest BCUT2D eigenvalue weighted by Gasteiger charge is 2.18. The van der Waals surface area contributed by atoms with Crippen LogP contribution in [0.3, 0.4) is 0 Å². The molecule has 3 aromatic rings. The summed E-state index contributed by atoms with van der Waals surface area (Å²) in [6, 6.07) is 12.6. The Morgan fingerprint density at radius 3 is 2.74 bits per heavy atom. The van der Waals surface area contributed by atoms with Crippen LogP contribution in [0.2, 0.25) is 5.02 Å². The van der Waals surface area contributed by atoms with Crippen LogP contribution in [0.1, 0.15) is 12.0 Å². The van der Waals surface area contributed by atoms with E-state index in [4.69, 9.17) is 11.6 Å². The molecular formula is C21H23ClN6O4S2. The summed E-state index contributed by atoms with van der Waals surface area (Å²) in [5.41, 5.74) is 1.23. The molecule has 1 aliphatic rings. The molecule has 0 saturated carbocycles. The molecule has 0 fully saturated rings. The van der Waals surface area contributed by atoms with Crippen molar-refractivity contribution >= 4 is 49.1 Å². The average Bonchev–Trinajstić information content (AvgIpc) is 2.80. The summed E-state index contributed by atoms with van der Waals surface area (Å²) in [5.74, 6) is 0.817. The van der Waals surface area contributed by atoms with Gasteiger partial charge in [0.25, 0.3) is 0 Å². The Labute approximate surface area is 203 Å². The first-order valence-corrected chi connectivity index (χ1v) is 13.8. The average molecular weight is 523 g/mol. The molecule has 0 atom stereocenters. The van der Waals surface area contributed by atoms with E-state index < -0.39 is 20.0 Å². The second-order valence-corrected chi connectivity index (χ2v) is 11.4. The second kappa shape index (κ2) is 10.2. The van der Waals surface area contributed by atoms with Gasteiger partial charge in [-0.15, -0.1) is 0 Å². The minimum atomic E-state index is -3.77. The SMILES string of the molecule is O=S1(=O)NCCCNc2nc(ncc2CCNS(=O)(=O)c2ccccc2Cl)Nc2cccc1c2. The summed E-state index contributed by atoms with van der Waals surface area (Å²) in [7, 11) is -7.40. The number of nitrogens with one attached hydrogen (secondary N) is 4. The minimum Gasteiger partial charge on any atom is -0.370 e. The smallest absolute Gasteiger partial charge is 0.242 e. The molecule has 0 unspecified atom stereocenters. The molecule has 0 spiro atoms. The van der Waals surface area contributed by atoms with Crippen molar-refractivity contribution in [2.45, 2.75) is 22.6 Å². The van der Waals surface area contributed by atoms with Crippen molar-refractivity contribution in [3.8, 4) is 0 Å². The first-order valence-electron chi connectivity index (χ1n) is 10.5. The molecule has 13 heteroatoms. The molecule has 2 heterocycles. The largest absolute Gasteiger partial charge is 0.370 e. The number of hydrogen-bond acceptors (Lipinski definition) is 8. The van der Waals surface area contributed by atoms with Gasteiger partial charge in [0.1, 0.15) is 10.7 Å². The van der Waals surface area contributed by atoms with Crippen molar-refractivity contribution in [3.05, 3.63) is 65.3 Å². The van der Waals surface area contributed by atoms with Crippen LogP contribution in [0.15, 0.2) is 64.5 Å². The maximum atomic E-state index is 12.6. The summed E-state index contributed by atoms with van der Waals surface area (Å²) in [5, 5.41) is 6.35. The number of anilines is 3. The van der Waals surface area contributed by atoms with Gasteiger partial charge < -0.3 is 10.6 Å². The highest BCUT2D eigenvalue weighted by atomic mass is 35.5. The fourth-order valence-electron chi connectivity index (χ4n) is 3.32. The van der Waals surface area contributed by atoms with Gasteiger partial charge in [0, 0.05) is 37.1 Å². The van der Waals surface area contributed by atoms with Gasteiger partial charge in [-0.3, -0.25) is 0 Å². The minimum absolute atomic E-state index is 0.0148. The fraction of sp³-hybridized carbons (Fsp3) is 0.238. The molecule has 4 N–H and O–H groups in total. The van der Waals surface area contributed by atoms with Crippen LogP contribution in [0.25, 0.3) is 0 Å². The predicted octanol–water partition coefficient (Wildman–Crippen LogP) is 2.49. The summed E-state index contributed by atoms with van der Waals surface area (Å²) < 4.78 is 55.2. The van der Waals surface area contributed by atoms with Crippen LogP contribution in [0.5, 0.6) is 0 Å². The van der Waals surface area contributed by atoms with E-state index in [9.17, 15) is 16.8 Å². The normalized spacial score (nSPS) is 15.7. The second-order valence-electron chi connectivity index (χ2n) is 7.48. The molecule has 180 valence electrons. The van der Waals surface area contributed by atoms with E-state index in [0.29, 0.717) is 36.5 Å². The number of benzene rings is 2. The van der Waals surface area contributed by atoms with Crippen molar-refractivity contribution in [1.29, 1.82) is 0 Å². The molecule has 0 aliphatic carbocycles. The molecule has 0 amide bonds. The predicted molar refractivity (Wildman–Crippen MR) is 130 cm³/mol. The Morgan fingerprint density at radius 1 is 1.09 bits per heavy atom. The third kappa shape index (κ3) is 5.83. The highest BCUT2D eigenvalue weighted by Crippen LogP contribution is 2.22. The van der Waals surface area contributed by atoms with E-state index in [-0.39, 0.29) is 33.9 Å². The van der Waals surface area contributed by atoms with Crippen molar-refractivity contribution < 1.29 is 16.8 Å². The standard InChI is InChI=1S/C21H23ClN6O4S2/c22-18-7-1-2-8-19(18)34(31,32)26-12-9-15-14-24-21-27-16-5-3-6-17(13-16)33(29,30)25-11-4-10-23-20(15)28-21/h1-3,5-8,13-14,25-26H,4,9-12H2,(H2,23,24,27,28). The van der Waals surface area contributed by atoms with Crippen molar-refractivity contribution in [2.75, 3.05) is 30.3 Å². The molecule has 0 saturated heterocycles. The van der Waals surface area contributed by atoms with Gasteiger partial charge in [0.15, 0.2) is 0 Å². The summed E-state index contributed by atoms with van der Waals surface area (Å²) in [6.45, 7) is 0.813. The molecular weight excluding hydrogens is 500 g/mol. The summed E-state index contributed by atoms with van der Waals surface area (Å²) >= 11 is 6.02. The van der Waals surface area contributed by atoms with Gasteiger partial charge in [-0.1, -0.05) is 29.8 Å². The zero-order valence-corrected chi connectivity index (χ0v) is 20.3. The maximum Gasteiger partial charge on any atom is 0.242 e. The number of nitrogens with zero attached hydrogens (tertiary/aromatic N) is 2. The zero-order valence-electron chi connectivity index (χ0n) is 18.0. The lowest BCUT2D eigenvalue weighted by atomic mass is 10.2. The van der Waals surface area contributed by atoms with E-state index in [1.54, 1.807) is 30.5 Å². The lowest BCUT2D eigenvalue weighted by molar-refractivity contribution is 0.578. The number of rotatable bonds is 5. The zero-order chi connectivity index (χ0) is 24.2. The molecule has 2 aromatic carbocycles. The van der Waals surface area contributed by atoms with E-state index >= 15 is 0 Å². The third-order valence-corrected chi connectivity index (χ3v) is 8.44. The van der Waals surface area contributed by atoms with E-state index in [1.165, 1.54) is 24.3 Å². The van der Waals surface area contributed by atoms with Crippen molar-refractivity contribution in [1.82, 2.24) is 19.4 Å². The molecule has 34 heavy (non-hydrogen) atoms. The molecule has 1 aromatic heterocycles. The summed E-state index contributed by atoms with van der Waals surface area (Å²) in [6.07, 6.45) is 2.46. The number of fused-ring (bicyclic) bond motifs is 4. The Balaban J connectivity index is 1.52. The Hall–Kier alpha value is -2.77. The first-order chi connectivity index (χ1) is 16.2. The van der Waals surface area contributed by atoms with Gasteiger partial charge in [0.2, 0.25) is 26.0 Å². The van der Waals surface area contributed by atoms with Crippen LogP contribution >= 0.6 is 11.6 Å². The van der Waals surface area contributed by atoms with Gasteiger partial charge >= 0.3 is 0 Å². The van der Waals surface area contributed by atoms with Gasteiger partial charge in [-0.25, -0.2) is 31.3 Å². The topological polar surface area (TPSA) is 142 Å². The molecule has 0 radical (unpaired) electrons. The quantitative estimate of drug-likeness (QED) is 0.400. The van der Waals surface area contributed by atoms with Gasteiger partial charge in [0.05, 0.1) is 9.92 Å². The molecule has 10 nitrogen and oxygen atoms in total. The molecule has 1 aliphatic heterocycles. The van der Waals surface area contributed by atoms with Crippen molar-refractivity contribution in [2.24, 2.45) is 0 Å². The molecule has 4 bridgehead atoms. The molecule has 4 rings (SSSR count). The van der Waals surface area contributed by atoms with Crippen LogP contribution in [-0.2, 0) is 26.5 Å². The first kappa shape index (κ1) is 24.4.